The smallest absolute Gasteiger partial charge is 0.178 e. The number of rotatable bonds is 7. The van der Waals surface area contributed by atoms with E-state index in [4.69, 9.17) is 10.5 Å². The minimum atomic E-state index is 0.0354. The molecule has 1 aliphatic carbocycles. The molecule has 1 fully saturated rings. The Balaban J connectivity index is 2.31. The third-order valence-corrected chi connectivity index (χ3v) is 4.55. The first-order valence-corrected chi connectivity index (χ1v) is 8.15. The number of nitrogens with one attached hydrogen (secondary N) is 1. The Labute approximate surface area is 124 Å². The highest BCUT2D eigenvalue weighted by Gasteiger charge is 2.34. The first kappa shape index (κ1) is 15.2. The van der Waals surface area contributed by atoms with Crippen LogP contribution in [0.3, 0.4) is 0 Å². The van der Waals surface area contributed by atoms with Crippen molar-refractivity contribution in [2.45, 2.75) is 59.1 Å². The van der Waals surface area contributed by atoms with Crippen molar-refractivity contribution in [3.05, 3.63) is 4.88 Å². The van der Waals surface area contributed by atoms with Crippen LogP contribution in [0.15, 0.2) is 0 Å². The highest BCUT2D eigenvalue weighted by molar-refractivity contribution is 7.19. The first-order chi connectivity index (χ1) is 9.43. The zero-order chi connectivity index (χ0) is 14.9. The van der Waals surface area contributed by atoms with Gasteiger partial charge in [0.05, 0.1) is 16.7 Å². The number of nitrogens with two attached hydrogens (primary N) is 1. The Morgan fingerprint density at radius 3 is 2.60 bits per heavy atom. The molecule has 3 N–H and O–H groups in total. The minimum absolute atomic E-state index is 0.0354. The predicted molar refractivity (Wildman–Crippen MR) is 84.9 cm³/mol. The third kappa shape index (κ3) is 3.26. The number of carbonyl (C=O) groups excluding carboxylic acids is 1. The van der Waals surface area contributed by atoms with E-state index in [1.54, 1.807) is 0 Å². The lowest BCUT2D eigenvalue weighted by Gasteiger charge is -2.15. The van der Waals surface area contributed by atoms with Crippen LogP contribution in [0, 0.1) is 5.92 Å². The summed E-state index contributed by atoms with van der Waals surface area (Å²) in [6.45, 7) is 8.16. The molecule has 0 amide bonds. The summed E-state index contributed by atoms with van der Waals surface area (Å²) in [5.41, 5.74) is 6.67. The zero-order valence-corrected chi connectivity index (χ0v) is 13.5. The van der Waals surface area contributed by atoms with Gasteiger partial charge in [0.1, 0.15) is 5.00 Å². The minimum Gasteiger partial charge on any atom is -0.486 e. The molecule has 1 aromatic heterocycles. The van der Waals surface area contributed by atoms with Gasteiger partial charge in [-0.25, -0.2) is 0 Å². The number of anilines is 2. The summed E-state index contributed by atoms with van der Waals surface area (Å²) in [7, 11) is 0. The van der Waals surface area contributed by atoms with E-state index in [0.717, 1.165) is 24.3 Å². The van der Waals surface area contributed by atoms with Crippen molar-refractivity contribution in [1.82, 2.24) is 0 Å². The topological polar surface area (TPSA) is 64.4 Å². The Morgan fingerprint density at radius 2 is 2.10 bits per heavy atom. The summed E-state index contributed by atoms with van der Waals surface area (Å²) >= 11 is 1.44. The van der Waals surface area contributed by atoms with Crippen molar-refractivity contribution < 1.29 is 9.53 Å². The molecule has 1 unspecified atom stereocenters. The summed E-state index contributed by atoms with van der Waals surface area (Å²) in [5, 5.41) is 4.29. The van der Waals surface area contributed by atoms with Crippen molar-refractivity contribution in [3.8, 4) is 5.75 Å². The SMILES string of the molecule is CCC(C)Nc1sc(C(=O)C2CC2)c(N)c1OC(C)C. The number of Topliss-reactive ketones (excluding diaryl/α,β-unsaturated/α-hetero) is 1. The van der Waals surface area contributed by atoms with Gasteiger partial charge in [0.2, 0.25) is 0 Å². The van der Waals surface area contributed by atoms with E-state index in [-0.39, 0.29) is 17.8 Å². The lowest BCUT2D eigenvalue weighted by atomic mass is 10.2. The molecule has 1 aliphatic rings. The van der Waals surface area contributed by atoms with Crippen LogP contribution in [0.5, 0.6) is 5.75 Å². The van der Waals surface area contributed by atoms with Gasteiger partial charge in [-0.3, -0.25) is 4.79 Å². The highest BCUT2D eigenvalue weighted by atomic mass is 32.1. The fourth-order valence-electron chi connectivity index (χ4n) is 1.92. The van der Waals surface area contributed by atoms with Crippen molar-refractivity contribution in [1.29, 1.82) is 0 Å². The van der Waals surface area contributed by atoms with Gasteiger partial charge in [-0.15, -0.1) is 11.3 Å². The maximum atomic E-state index is 12.3. The summed E-state index contributed by atoms with van der Waals surface area (Å²) in [6, 6.07) is 0.325. The second kappa shape index (κ2) is 6.04. The number of thiophene rings is 1. The average molecular weight is 296 g/mol. The normalized spacial score (nSPS) is 16.2. The first-order valence-electron chi connectivity index (χ1n) is 7.33. The monoisotopic (exact) mass is 296 g/mol. The van der Waals surface area contributed by atoms with Gasteiger partial charge in [-0.2, -0.15) is 0 Å². The molecule has 0 radical (unpaired) electrons. The number of hydrogen-bond acceptors (Lipinski definition) is 5. The standard InChI is InChI=1S/C15H24N2O2S/c1-5-9(4)17-15-13(19-8(2)3)11(16)14(20-15)12(18)10-6-7-10/h8-10,17H,5-7,16H2,1-4H3. The maximum Gasteiger partial charge on any atom is 0.178 e. The molecule has 1 atom stereocenters. The predicted octanol–water partition coefficient (Wildman–Crippen LogP) is 3.92. The largest absolute Gasteiger partial charge is 0.486 e. The fraction of sp³-hybridized carbons (Fsp3) is 0.667. The summed E-state index contributed by atoms with van der Waals surface area (Å²) in [4.78, 5) is 12.9. The van der Waals surface area contributed by atoms with E-state index in [2.05, 4.69) is 19.2 Å². The van der Waals surface area contributed by atoms with Gasteiger partial charge in [0.25, 0.3) is 0 Å². The molecule has 0 aliphatic heterocycles. The van der Waals surface area contributed by atoms with Gasteiger partial charge >= 0.3 is 0 Å². The molecule has 0 saturated heterocycles. The molecular formula is C15H24N2O2S. The van der Waals surface area contributed by atoms with Gasteiger partial charge in [-0.05, 0) is 40.0 Å². The van der Waals surface area contributed by atoms with Crippen LogP contribution in [0.25, 0.3) is 0 Å². The summed E-state index contributed by atoms with van der Waals surface area (Å²) in [6.07, 6.45) is 3.02. The van der Waals surface area contributed by atoms with E-state index in [0.29, 0.717) is 22.4 Å². The summed E-state index contributed by atoms with van der Waals surface area (Å²) in [5.74, 6) is 1.01. The third-order valence-electron chi connectivity index (χ3n) is 3.41. The average Bonchev–Trinajstić information content (AvgIpc) is 3.19. The summed E-state index contributed by atoms with van der Waals surface area (Å²) < 4.78 is 5.82. The number of carbonyl (C=O) groups is 1. The molecule has 1 saturated carbocycles. The molecule has 0 aromatic carbocycles. The van der Waals surface area contributed by atoms with Crippen molar-refractivity contribution in [3.63, 3.8) is 0 Å². The molecule has 5 heteroatoms. The van der Waals surface area contributed by atoms with Crippen LogP contribution in [-0.2, 0) is 0 Å². The van der Waals surface area contributed by atoms with E-state index in [1.807, 2.05) is 13.8 Å². The molecule has 0 bridgehead atoms. The van der Waals surface area contributed by atoms with Crippen LogP contribution >= 0.6 is 11.3 Å². The molecule has 0 spiro atoms. The molecule has 1 heterocycles. The van der Waals surface area contributed by atoms with Crippen molar-refractivity contribution in [2.75, 3.05) is 11.1 Å². The van der Waals surface area contributed by atoms with Gasteiger partial charge < -0.3 is 15.8 Å². The number of hydrogen-bond donors (Lipinski definition) is 2. The Bertz CT molecular complexity index is 492. The molecule has 2 rings (SSSR count). The maximum absolute atomic E-state index is 12.3. The number of nitrogen functional groups attached to an aromatic ring is 1. The van der Waals surface area contributed by atoms with Crippen molar-refractivity contribution >= 4 is 27.8 Å². The Morgan fingerprint density at radius 1 is 1.45 bits per heavy atom. The van der Waals surface area contributed by atoms with Crippen LogP contribution in [0.4, 0.5) is 10.7 Å². The lowest BCUT2D eigenvalue weighted by molar-refractivity contribution is 0.0972. The fourth-order valence-corrected chi connectivity index (χ4v) is 3.10. The van der Waals surface area contributed by atoms with E-state index >= 15 is 0 Å². The van der Waals surface area contributed by atoms with Crippen LogP contribution in [0.1, 0.15) is 56.6 Å². The van der Waals surface area contributed by atoms with Crippen LogP contribution in [0.2, 0.25) is 0 Å². The second-order valence-corrected chi connectivity index (χ2v) is 6.78. The second-order valence-electron chi connectivity index (χ2n) is 5.76. The molecule has 20 heavy (non-hydrogen) atoms. The van der Waals surface area contributed by atoms with E-state index in [1.165, 1.54) is 11.3 Å². The highest BCUT2D eigenvalue weighted by Crippen LogP contribution is 2.46. The van der Waals surface area contributed by atoms with Gasteiger partial charge in [-0.1, -0.05) is 6.92 Å². The Kier molecular flexibility index (Phi) is 4.58. The van der Waals surface area contributed by atoms with Gasteiger partial charge in [0.15, 0.2) is 11.5 Å². The van der Waals surface area contributed by atoms with Gasteiger partial charge in [0, 0.05) is 12.0 Å². The Hall–Kier alpha value is -1.23. The number of ketones is 1. The lowest BCUT2D eigenvalue weighted by Crippen LogP contribution is -2.14. The molecule has 4 nitrogen and oxygen atoms in total. The molecular weight excluding hydrogens is 272 g/mol. The quantitative estimate of drug-likeness (QED) is 0.748. The zero-order valence-electron chi connectivity index (χ0n) is 12.7. The van der Waals surface area contributed by atoms with E-state index < -0.39 is 0 Å². The van der Waals surface area contributed by atoms with Crippen molar-refractivity contribution in [2.24, 2.45) is 5.92 Å². The molecule has 112 valence electrons. The van der Waals surface area contributed by atoms with Crippen LogP contribution < -0.4 is 15.8 Å². The number of ether oxygens (including phenoxy) is 1. The van der Waals surface area contributed by atoms with Crippen LogP contribution in [-0.4, -0.2) is 17.9 Å². The molecule has 1 aromatic rings. The van der Waals surface area contributed by atoms with E-state index in [9.17, 15) is 4.79 Å².